The fourth-order valence-electron chi connectivity index (χ4n) is 13.6. The molecule has 8 nitrogen and oxygen atoms in total. The molecule has 0 unspecified atom stereocenters. The van der Waals surface area contributed by atoms with E-state index in [2.05, 4.69) is 224 Å². The number of fused-ring (bicyclic) bond motifs is 16. The van der Waals surface area contributed by atoms with Crippen LogP contribution in [0.2, 0.25) is 0 Å². The minimum absolute atomic E-state index is 0.628. The molecule has 20 aromatic rings. The van der Waals surface area contributed by atoms with Gasteiger partial charge in [-0.05, 0) is 60.7 Å². The van der Waals surface area contributed by atoms with Crippen molar-refractivity contribution in [2.45, 2.75) is 0 Å². The van der Waals surface area contributed by atoms with Crippen LogP contribution in [0.15, 0.2) is 312 Å². The second-order valence-electron chi connectivity index (χ2n) is 23.9. The van der Waals surface area contributed by atoms with Crippen LogP contribution >= 0.6 is 22.7 Å². The topological polar surface area (TPSA) is 104 Å². The number of thiophene rings is 2. The summed E-state index contributed by atoms with van der Waals surface area (Å²) in [5.41, 5.74) is 18.6. The first-order valence-electron chi connectivity index (χ1n) is 31.9. The normalized spacial score (nSPS) is 11.8. The number of para-hydroxylation sites is 6. The lowest BCUT2D eigenvalue weighted by molar-refractivity contribution is 0.669. The van der Waals surface area contributed by atoms with Crippen LogP contribution in [-0.4, -0.2) is 29.9 Å². The van der Waals surface area contributed by atoms with Crippen molar-refractivity contribution in [1.82, 2.24) is 29.9 Å². The maximum atomic E-state index is 6.42. The van der Waals surface area contributed by atoms with E-state index in [0.717, 1.165) is 134 Å². The SMILES string of the molecule is c1ccc(-c2cc(-c3ccc(-c4nc5ccccc5c5sc6ccccc6c45)cc3)nc(-c3cccc4c3oc3ccccc34)n2)cc1.c1ccc(-c2nc(-c3ccc(-c4nc5ccccc5c5sc6ccccc6c45)cc3)cc(-c3cccc4c3oc3ccccc34)n2)cc1. The molecule has 20 rings (SSSR count). The molecule has 0 amide bonds. The molecule has 448 valence electrons. The van der Waals surface area contributed by atoms with E-state index in [4.69, 9.17) is 38.7 Å². The Bertz CT molecular complexity index is 6060. The summed E-state index contributed by atoms with van der Waals surface area (Å²) in [5, 5.41) is 11.6. The van der Waals surface area contributed by atoms with Gasteiger partial charge in [0.2, 0.25) is 0 Å². The summed E-state index contributed by atoms with van der Waals surface area (Å²) in [5.74, 6) is 1.30. The predicted molar refractivity (Wildman–Crippen MR) is 398 cm³/mol. The number of benzene rings is 12. The molecule has 0 fully saturated rings. The fraction of sp³-hybridized carbons (Fsp3) is 0. The molecular weight excluding hydrogens is 1210 g/mol. The van der Waals surface area contributed by atoms with E-state index in [-0.39, 0.29) is 0 Å². The highest BCUT2D eigenvalue weighted by atomic mass is 32.1. The zero-order valence-corrected chi connectivity index (χ0v) is 52.8. The molecule has 10 heteroatoms. The van der Waals surface area contributed by atoms with Gasteiger partial charge in [0.15, 0.2) is 11.6 Å². The van der Waals surface area contributed by atoms with Gasteiger partial charge in [-0.1, -0.05) is 243 Å². The van der Waals surface area contributed by atoms with Gasteiger partial charge in [0.05, 0.1) is 50.8 Å². The van der Waals surface area contributed by atoms with E-state index in [0.29, 0.717) is 11.6 Å². The zero-order valence-electron chi connectivity index (χ0n) is 51.2. The summed E-state index contributed by atoms with van der Waals surface area (Å²) >= 11 is 3.67. The van der Waals surface area contributed by atoms with Gasteiger partial charge < -0.3 is 8.83 Å². The number of rotatable bonds is 8. The van der Waals surface area contributed by atoms with Crippen LogP contribution in [0.4, 0.5) is 0 Å². The second-order valence-corrected chi connectivity index (χ2v) is 26.0. The Balaban J connectivity index is 0.000000135. The Kier molecular flexibility index (Phi) is 13.1. The summed E-state index contributed by atoms with van der Waals surface area (Å²) in [6.45, 7) is 0. The average Bonchev–Trinajstić information content (AvgIpc) is 1.62. The van der Waals surface area contributed by atoms with Gasteiger partial charge in [0.25, 0.3) is 0 Å². The number of aromatic nitrogens is 6. The molecule has 0 bridgehead atoms. The van der Waals surface area contributed by atoms with Crippen molar-refractivity contribution in [3.8, 4) is 90.3 Å². The molecule has 96 heavy (non-hydrogen) atoms. The van der Waals surface area contributed by atoms with Gasteiger partial charge in [0.1, 0.15) is 22.3 Å². The lowest BCUT2D eigenvalue weighted by atomic mass is 10.00. The number of hydrogen-bond acceptors (Lipinski definition) is 10. The zero-order chi connectivity index (χ0) is 63.2. The lowest BCUT2D eigenvalue weighted by Gasteiger charge is -2.11. The van der Waals surface area contributed by atoms with Crippen LogP contribution in [0, 0.1) is 0 Å². The van der Waals surface area contributed by atoms with Crippen LogP contribution in [0.3, 0.4) is 0 Å². The van der Waals surface area contributed by atoms with Gasteiger partial charge in [-0.2, -0.15) is 0 Å². The van der Waals surface area contributed by atoms with E-state index in [1.165, 1.54) is 51.1 Å². The molecule has 0 spiro atoms. The highest BCUT2D eigenvalue weighted by molar-refractivity contribution is 7.27. The summed E-state index contributed by atoms with van der Waals surface area (Å²) in [6, 6.07) is 105. The van der Waals surface area contributed by atoms with Crippen molar-refractivity contribution in [2.75, 3.05) is 0 Å². The molecule has 12 aromatic carbocycles. The lowest BCUT2D eigenvalue weighted by Crippen LogP contribution is -1.96. The van der Waals surface area contributed by atoms with Crippen LogP contribution in [0.25, 0.3) is 196 Å². The Morgan fingerprint density at radius 3 is 1.12 bits per heavy atom. The smallest absolute Gasteiger partial charge is 0.164 e. The van der Waals surface area contributed by atoms with E-state index in [1.807, 2.05) is 102 Å². The monoisotopic (exact) mass is 1260 g/mol. The number of hydrogen-bond donors (Lipinski definition) is 0. The van der Waals surface area contributed by atoms with Crippen LogP contribution in [0.5, 0.6) is 0 Å². The summed E-state index contributed by atoms with van der Waals surface area (Å²) < 4.78 is 17.9. The second kappa shape index (κ2) is 22.7. The standard InChI is InChI=1S/2C43H25N3OS/c1-2-11-28(12-3-1)43-45-35(25-36(46-43)31-17-10-16-30-29-13-5-8-19-37(29)47-41(30)31)26-21-23-27(24-22-26)40-39-33-15-6-9-20-38(33)48-42(39)32-14-4-7-18-34(32)44-40;1-2-11-26(12-3-1)35-25-36(46-43(45-35)33-17-10-16-30-29-13-5-8-19-37(29)47-41(30)33)27-21-23-28(24-22-27)40-39-32-15-6-9-20-38(32)48-42(39)31-14-4-7-18-34(31)44-40/h2*1-25H. The van der Waals surface area contributed by atoms with Gasteiger partial charge >= 0.3 is 0 Å². The van der Waals surface area contributed by atoms with E-state index in [9.17, 15) is 0 Å². The molecule has 0 saturated heterocycles. The Hall–Kier alpha value is -12.3. The van der Waals surface area contributed by atoms with Gasteiger partial charge in [-0.25, -0.2) is 29.9 Å². The van der Waals surface area contributed by atoms with Crippen molar-refractivity contribution < 1.29 is 8.83 Å². The Labute approximate surface area is 557 Å². The number of nitrogens with zero attached hydrogens (tertiary/aromatic N) is 6. The first kappa shape index (κ1) is 55.3. The molecule has 0 aliphatic rings. The molecule has 0 radical (unpaired) electrons. The molecule has 0 atom stereocenters. The average molecular weight is 1260 g/mol. The summed E-state index contributed by atoms with van der Waals surface area (Å²) in [7, 11) is 0. The maximum Gasteiger partial charge on any atom is 0.164 e. The molecule has 0 saturated carbocycles. The molecule has 8 aromatic heterocycles. The number of furan rings is 2. The van der Waals surface area contributed by atoms with Crippen molar-refractivity contribution in [1.29, 1.82) is 0 Å². The third-order valence-electron chi connectivity index (χ3n) is 18.2. The highest BCUT2D eigenvalue weighted by Crippen LogP contribution is 2.46. The predicted octanol–water partition coefficient (Wildman–Crippen LogP) is 23.9. The fourth-order valence-corrected chi connectivity index (χ4v) is 16.1. The number of pyridine rings is 2. The van der Waals surface area contributed by atoms with Gasteiger partial charge in [0, 0.05) is 112 Å². The molecule has 0 aliphatic heterocycles. The first-order chi connectivity index (χ1) is 47.6. The van der Waals surface area contributed by atoms with E-state index >= 15 is 0 Å². The molecule has 0 aliphatic carbocycles. The van der Waals surface area contributed by atoms with Crippen LogP contribution in [0.1, 0.15) is 0 Å². The van der Waals surface area contributed by atoms with Crippen molar-refractivity contribution in [2.24, 2.45) is 0 Å². The van der Waals surface area contributed by atoms with E-state index < -0.39 is 0 Å². The third kappa shape index (κ3) is 9.41. The van der Waals surface area contributed by atoms with Crippen LogP contribution < -0.4 is 0 Å². The minimum Gasteiger partial charge on any atom is -0.455 e. The summed E-state index contributed by atoms with van der Waals surface area (Å²) in [4.78, 5) is 30.9. The first-order valence-corrected chi connectivity index (χ1v) is 33.5. The van der Waals surface area contributed by atoms with Gasteiger partial charge in [-0.15, -0.1) is 22.7 Å². The van der Waals surface area contributed by atoms with E-state index in [1.54, 1.807) is 0 Å². The van der Waals surface area contributed by atoms with Crippen molar-refractivity contribution >= 4 is 129 Å². The van der Waals surface area contributed by atoms with Gasteiger partial charge in [-0.3, -0.25) is 0 Å². The minimum atomic E-state index is 0.628. The Morgan fingerprint density at radius 2 is 0.604 bits per heavy atom. The molecule has 0 N–H and O–H groups in total. The quantitative estimate of drug-likeness (QED) is 0.148. The van der Waals surface area contributed by atoms with Crippen LogP contribution in [-0.2, 0) is 0 Å². The maximum absolute atomic E-state index is 6.42. The largest absolute Gasteiger partial charge is 0.455 e. The summed E-state index contributed by atoms with van der Waals surface area (Å²) in [6.07, 6.45) is 0. The molecule has 8 heterocycles. The highest BCUT2D eigenvalue weighted by Gasteiger charge is 2.22. The Morgan fingerprint density at radius 1 is 0.240 bits per heavy atom. The molecular formula is C86H50N6O2S2. The third-order valence-corrected chi connectivity index (χ3v) is 20.6. The van der Waals surface area contributed by atoms with Crippen molar-refractivity contribution in [3.63, 3.8) is 0 Å². The van der Waals surface area contributed by atoms with Crippen molar-refractivity contribution in [3.05, 3.63) is 303 Å².